The molecular weight excluding hydrogens is 186 g/mol. The lowest BCUT2D eigenvalue weighted by atomic mass is 10.5. The van der Waals surface area contributed by atoms with Crippen molar-refractivity contribution in [2.75, 3.05) is 12.4 Å². The Morgan fingerprint density at radius 3 is 2.85 bits per heavy atom. The normalized spacial score (nSPS) is 10.3. The van der Waals surface area contributed by atoms with Gasteiger partial charge in [-0.1, -0.05) is 11.3 Å². The fourth-order valence-corrected chi connectivity index (χ4v) is 1.62. The number of hydrogen-bond donors (Lipinski definition) is 1. The molecule has 0 bridgehead atoms. The molecule has 68 valence electrons. The molecule has 2 aromatic heterocycles. The first-order chi connectivity index (χ1) is 6.29. The molecule has 1 N–H and O–H groups in total. The summed E-state index contributed by atoms with van der Waals surface area (Å²) in [5.74, 6) is 0. The first-order valence-electron chi connectivity index (χ1n) is 3.81. The molecule has 2 heterocycles. The van der Waals surface area contributed by atoms with Crippen LogP contribution in [0.5, 0.6) is 0 Å². The lowest BCUT2D eigenvalue weighted by molar-refractivity contribution is 0.770. The summed E-state index contributed by atoms with van der Waals surface area (Å²) in [6.45, 7) is 0. The molecule has 0 aliphatic carbocycles. The minimum Gasteiger partial charge on any atom is -0.363 e. The van der Waals surface area contributed by atoms with Gasteiger partial charge in [0.05, 0.1) is 0 Å². The van der Waals surface area contributed by atoms with Crippen molar-refractivity contribution in [1.82, 2.24) is 20.0 Å². The second kappa shape index (κ2) is 3.14. The van der Waals surface area contributed by atoms with Crippen LogP contribution in [-0.4, -0.2) is 27.0 Å². The molecule has 0 fully saturated rings. The Morgan fingerprint density at radius 2 is 2.31 bits per heavy atom. The summed E-state index contributed by atoms with van der Waals surface area (Å²) in [5.41, 5.74) is 0.863. The van der Waals surface area contributed by atoms with Crippen LogP contribution in [0.2, 0.25) is 0 Å². The van der Waals surface area contributed by atoms with Crippen LogP contribution in [0, 0.1) is 0 Å². The third kappa shape index (κ3) is 1.52. The third-order valence-corrected chi connectivity index (χ3v) is 2.53. The molecule has 0 saturated heterocycles. The maximum Gasteiger partial charge on any atom is 0.205 e. The van der Waals surface area contributed by atoms with Gasteiger partial charge < -0.3 is 5.32 Å². The minimum absolute atomic E-state index is 0.806. The summed E-state index contributed by atoms with van der Waals surface area (Å²) in [6.07, 6.45) is 1.88. The molecule has 5 nitrogen and oxygen atoms in total. The number of nitrogens with zero attached hydrogens (tertiary/aromatic N) is 4. The van der Waals surface area contributed by atoms with Crippen molar-refractivity contribution in [2.24, 2.45) is 7.05 Å². The molecular formula is C7H9N5S. The van der Waals surface area contributed by atoms with Gasteiger partial charge in [0.25, 0.3) is 0 Å². The first-order valence-corrected chi connectivity index (χ1v) is 4.62. The van der Waals surface area contributed by atoms with E-state index in [9.17, 15) is 0 Å². The molecule has 0 atom stereocenters. The lowest BCUT2D eigenvalue weighted by Gasteiger charge is -1.86. The second-order valence-corrected chi connectivity index (χ2v) is 3.51. The molecule has 0 amide bonds. The van der Waals surface area contributed by atoms with Gasteiger partial charge in [0, 0.05) is 20.3 Å². The number of aryl methyl sites for hydroxylation is 1. The van der Waals surface area contributed by atoms with Crippen molar-refractivity contribution in [3.05, 3.63) is 12.3 Å². The van der Waals surface area contributed by atoms with E-state index >= 15 is 0 Å². The zero-order chi connectivity index (χ0) is 9.26. The van der Waals surface area contributed by atoms with Crippen molar-refractivity contribution in [1.29, 1.82) is 0 Å². The largest absolute Gasteiger partial charge is 0.363 e. The Kier molecular flexibility index (Phi) is 1.97. The minimum atomic E-state index is 0.806. The van der Waals surface area contributed by atoms with Crippen molar-refractivity contribution in [2.45, 2.75) is 0 Å². The highest BCUT2D eigenvalue weighted by Gasteiger charge is 2.07. The predicted octanol–water partition coefficient (Wildman–Crippen LogP) is 0.980. The second-order valence-electron chi connectivity index (χ2n) is 2.54. The van der Waals surface area contributed by atoms with E-state index in [1.165, 1.54) is 11.3 Å². The molecule has 0 spiro atoms. The fraction of sp³-hybridized carbons (Fsp3) is 0.286. The van der Waals surface area contributed by atoms with Crippen molar-refractivity contribution in [3.8, 4) is 10.7 Å². The lowest BCUT2D eigenvalue weighted by Crippen LogP contribution is -1.87. The number of nitrogens with one attached hydrogen (secondary N) is 1. The Morgan fingerprint density at radius 1 is 1.46 bits per heavy atom. The van der Waals surface area contributed by atoms with Gasteiger partial charge in [0.1, 0.15) is 5.69 Å². The quantitative estimate of drug-likeness (QED) is 0.776. The Labute approximate surface area is 79.4 Å². The molecule has 2 rings (SSSR count). The van der Waals surface area contributed by atoms with Crippen LogP contribution < -0.4 is 5.32 Å². The Bertz CT molecular complexity index is 404. The summed E-state index contributed by atoms with van der Waals surface area (Å²) in [6, 6.07) is 1.92. The highest BCUT2D eigenvalue weighted by atomic mass is 32.1. The van der Waals surface area contributed by atoms with Crippen LogP contribution >= 0.6 is 11.3 Å². The molecule has 0 aliphatic heterocycles. The molecule has 0 radical (unpaired) electrons. The van der Waals surface area contributed by atoms with Crippen LogP contribution in [0.15, 0.2) is 12.3 Å². The van der Waals surface area contributed by atoms with Gasteiger partial charge in [-0.05, 0) is 6.07 Å². The van der Waals surface area contributed by atoms with E-state index in [2.05, 4.69) is 20.6 Å². The third-order valence-electron chi connectivity index (χ3n) is 1.57. The fourth-order valence-electron chi connectivity index (χ4n) is 0.957. The zero-order valence-corrected chi connectivity index (χ0v) is 8.17. The van der Waals surface area contributed by atoms with Crippen LogP contribution in [0.25, 0.3) is 10.7 Å². The molecule has 6 heteroatoms. The first kappa shape index (κ1) is 8.18. The zero-order valence-electron chi connectivity index (χ0n) is 7.35. The summed E-state index contributed by atoms with van der Waals surface area (Å²) < 4.78 is 1.75. The Hall–Kier alpha value is -1.43. The van der Waals surface area contributed by atoms with E-state index < -0.39 is 0 Å². The van der Waals surface area contributed by atoms with Crippen molar-refractivity contribution < 1.29 is 0 Å². The van der Waals surface area contributed by atoms with Gasteiger partial charge in [0.2, 0.25) is 5.13 Å². The van der Waals surface area contributed by atoms with E-state index in [0.29, 0.717) is 0 Å². The summed E-state index contributed by atoms with van der Waals surface area (Å²) in [5, 5.41) is 16.7. The maximum absolute atomic E-state index is 4.23. The highest BCUT2D eigenvalue weighted by molar-refractivity contribution is 7.18. The summed E-state index contributed by atoms with van der Waals surface area (Å²) >= 11 is 1.49. The number of rotatable bonds is 2. The van der Waals surface area contributed by atoms with E-state index in [0.717, 1.165) is 15.8 Å². The number of aromatic nitrogens is 4. The van der Waals surface area contributed by atoms with Crippen LogP contribution in [-0.2, 0) is 7.05 Å². The SMILES string of the molecule is CNc1nnc(-c2ccn(C)n2)s1. The maximum atomic E-state index is 4.23. The predicted molar refractivity (Wildman–Crippen MR) is 51.7 cm³/mol. The topological polar surface area (TPSA) is 55.6 Å². The number of hydrogen-bond acceptors (Lipinski definition) is 5. The van der Waals surface area contributed by atoms with E-state index in [1.54, 1.807) is 4.68 Å². The van der Waals surface area contributed by atoms with Gasteiger partial charge in [-0.15, -0.1) is 10.2 Å². The standard InChI is InChI=1S/C7H9N5S/c1-8-7-10-9-6(13-7)5-3-4-12(2)11-5/h3-4H,1-2H3,(H,8,10). The van der Waals surface area contributed by atoms with Gasteiger partial charge in [-0.3, -0.25) is 4.68 Å². The molecule has 0 aliphatic rings. The van der Waals surface area contributed by atoms with Crippen LogP contribution in [0.3, 0.4) is 0 Å². The summed E-state index contributed by atoms with van der Waals surface area (Å²) in [7, 11) is 3.70. The molecule has 2 aromatic rings. The molecule has 0 unspecified atom stereocenters. The van der Waals surface area contributed by atoms with Gasteiger partial charge in [-0.2, -0.15) is 5.10 Å². The van der Waals surface area contributed by atoms with Crippen molar-refractivity contribution >= 4 is 16.5 Å². The summed E-state index contributed by atoms with van der Waals surface area (Å²) in [4.78, 5) is 0. The van der Waals surface area contributed by atoms with E-state index in [1.807, 2.05) is 26.4 Å². The highest BCUT2D eigenvalue weighted by Crippen LogP contribution is 2.23. The average molecular weight is 195 g/mol. The number of anilines is 1. The van der Waals surface area contributed by atoms with E-state index in [4.69, 9.17) is 0 Å². The van der Waals surface area contributed by atoms with E-state index in [-0.39, 0.29) is 0 Å². The average Bonchev–Trinajstić information content (AvgIpc) is 2.71. The van der Waals surface area contributed by atoms with Gasteiger partial charge in [-0.25, -0.2) is 0 Å². The molecule has 0 aromatic carbocycles. The molecule has 0 saturated carbocycles. The van der Waals surface area contributed by atoms with Crippen LogP contribution in [0.1, 0.15) is 0 Å². The molecule has 13 heavy (non-hydrogen) atoms. The van der Waals surface area contributed by atoms with Gasteiger partial charge >= 0.3 is 0 Å². The van der Waals surface area contributed by atoms with Gasteiger partial charge in [0.15, 0.2) is 5.01 Å². The monoisotopic (exact) mass is 195 g/mol. The smallest absolute Gasteiger partial charge is 0.205 e. The van der Waals surface area contributed by atoms with Crippen molar-refractivity contribution in [3.63, 3.8) is 0 Å². The van der Waals surface area contributed by atoms with Crippen LogP contribution in [0.4, 0.5) is 5.13 Å². The Balaban J connectivity index is 2.35.